The second-order valence-corrected chi connectivity index (χ2v) is 6.27. The Balaban J connectivity index is 1.85. The maximum atomic E-state index is 11.8. The highest BCUT2D eigenvalue weighted by molar-refractivity contribution is 5.87. The summed E-state index contributed by atoms with van der Waals surface area (Å²) in [6, 6.07) is 19.2. The Kier molecular flexibility index (Phi) is 4.76. The molecule has 6 heteroatoms. The van der Waals surface area contributed by atoms with E-state index in [0.717, 1.165) is 33.8 Å². The summed E-state index contributed by atoms with van der Waals surface area (Å²) in [5, 5.41) is 4.77. The van der Waals surface area contributed by atoms with Crippen molar-refractivity contribution >= 4 is 11.5 Å². The number of hydrogen-bond acceptors (Lipinski definition) is 5. The topological polar surface area (TPSA) is 65.7 Å². The van der Waals surface area contributed by atoms with Gasteiger partial charge in [0.25, 0.3) is 0 Å². The van der Waals surface area contributed by atoms with Crippen molar-refractivity contribution in [2.75, 3.05) is 14.2 Å². The number of pyridine rings is 2. The molecule has 28 heavy (non-hydrogen) atoms. The van der Waals surface area contributed by atoms with E-state index in [1.54, 1.807) is 13.2 Å². The number of esters is 1. The van der Waals surface area contributed by atoms with Crippen molar-refractivity contribution < 1.29 is 14.3 Å². The minimum Gasteiger partial charge on any atom is -0.497 e. The molecule has 6 nitrogen and oxygen atoms in total. The maximum absolute atomic E-state index is 11.8. The molecule has 4 rings (SSSR count). The lowest BCUT2D eigenvalue weighted by Crippen LogP contribution is -2.06. The van der Waals surface area contributed by atoms with Gasteiger partial charge in [-0.3, -0.25) is 0 Å². The lowest BCUT2D eigenvalue weighted by molar-refractivity contribution is 0.0593. The first-order chi connectivity index (χ1) is 13.7. The summed E-state index contributed by atoms with van der Waals surface area (Å²) in [6.07, 6.45) is 2.40. The minimum absolute atomic E-state index is 0.287. The molecule has 0 N–H and O–H groups in total. The van der Waals surface area contributed by atoms with Crippen molar-refractivity contribution in [3.8, 4) is 17.0 Å². The minimum atomic E-state index is -0.452. The van der Waals surface area contributed by atoms with Crippen molar-refractivity contribution in [3.63, 3.8) is 0 Å². The molecule has 4 aromatic rings. The third-order valence-electron chi connectivity index (χ3n) is 4.55. The molecule has 0 saturated heterocycles. The maximum Gasteiger partial charge on any atom is 0.356 e. The van der Waals surface area contributed by atoms with Crippen LogP contribution >= 0.6 is 0 Å². The van der Waals surface area contributed by atoms with E-state index in [-0.39, 0.29) is 5.69 Å². The number of rotatable bonds is 5. The van der Waals surface area contributed by atoms with Crippen molar-refractivity contribution in [2.45, 2.75) is 6.42 Å². The lowest BCUT2D eigenvalue weighted by atomic mass is 10.0. The molecular formula is C22H19N3O3. The van der Waals surface area contributed by atoms with Crippen LogP contribution in [0.1, 0.15) is 21.7 Å². The van der Waals surface area contributed by atoms with E-state index in [1.807, 2.05) is 65.3 Å². The molecule has 0 atom stereocenters. The Morgan fingerprint density at radius 1 is 1.04 bits per heavy atom. The number of ether oxygens (including phenoxy) is 2. The predicted molar refractivity (Wildman–Crippen MR) is 106 cm³/mol. The molecule has 0 radical (unpaired) electrons. The molecule has 0 aliphatic carbocycles. The summed E-state index contributed by atoms with van der Waals surface area (Å²) in [7, 11) is 2.99. The van der Waals surface area contributed by atoms with Crippen LogP contribution in [0.15, 0.2) is 66.9 Å². The summed E-state index contributed by atoms with van der Waals surface area (Å²) in [5.41, 5.74) is 4.89. The van der Waals surface area contributed by atoms with Crippen LogP contribution in [0.2, 0.25) is 0 Å². The molecular weight excluding hydrogens is 354 g/mol. The van der Waals surface area contributed by atoms with Crippen LogP contribution in [0.4, 0.5) is 0 Å². The Morgan fingerprint density at radius 2 is 1.86 bits per heavy atom. The molecule has 0 saturated carbocycles. The highest BCUT2D eigenvalue weighted by Gasteiger charge is 2.17. The van der Waals surface area contributed by atoms with Crippen molar-refractivity contribution in [3.05, 3.63) is 83.8 Å². The normalized spacial score (nSPS) is 10.8. The zero-order valence-electron chi connectivity index (χ0n) is 15.6. The Labute approximate surface area is 162 Å². The first-order valence-corrected chi connectivity index (χ1v) is 8.84. The Hall–Kier alpha value is -3.67. The molecule has 0 unspecified atom stereocenters. The van der Waals surface area contributed by atoms with Gasteiger partial charge in [0.15, 0.2) is 0 Å². The average Bonchev–Trinajstić information content (AvgIpc) is 3.11. The van der Waals surface area contributed by atoms with Gasteiger partial charge in [0.05, 0.1) is 25.4 Å². The summed E-state index contributed by atoms with van der Waals surface area (Å²) in [4.78, 5) is 16.3. The fourth-order valence-electron chi connectivity index (χ4n) is 3.18. The number of carbonyl (C=O) groups excluding carboxylic acids is 1. The fourth-order valence-corrected chi connectivity index (χ4v) is 3.18. The van der Waals surface area contributed by atoms with Crippen molar-refractivity contribution in [2.24, 2.45) is 0 Å². The van der Waals surface area contributed by atoms with E-state index in [9.17, 15) is 4.79 Å². The van der Waals surface area contributed by atoms with E-state index in [0.29, 0.717) is 6.42 Å². The largest absolute Gasteiger partial charge is 0.497 e. The lowest BCUT2D eigenvalue weighted by Gasteiger charge is -2.06. The molecule has 0 bridgehead atoms. The van der Waals surface area contributed by atoms with Gasteiger partial charge in [-0.15, -0.1) is 0 Å². The number of carbonyl (C=O) groups is 1. The van der Waals surface area contributed by atoms with Crippen LogP contribution in [0, 0.1) is 0 Å². The second-order valence-electron chi connectivity index (χ2n) is 6.27. The molecule has 0 aliphatic rings. The molecule has 1 aromatic carbocycles. The zero-order valence-corrected chi connectivity index (χ0v) is 15.6. The highest BCUT2D eigenvalue weighted by Crippen LogP contribution is 2.29. The zero-order chi connectivity index (χ0) is 19.5. The quantitative estimate of drug-likeness (QED) is 0.498. The molecule has 0 fully saturated rings. The molecule has 0 aliphatic heterocycles. The number of benzene rings is 1. The van der Waals surface area contributed by atoms with Crippen LogP contribution < -0.4 is 4.74 Å². The summed E-state index contributed by atoms with van der Waals surface area (Å²) in [5.74, 6) is 0.302. The summed E-state index contributed by atoms with van der Waals surface area (Å²) >= 11 is 0. The fraction of sp³-hybridized carbons (Fsp3) is 0.136. The van der Waals surface area contributed by atoms with Gasteiger partial charge in [0.1, 0.15) is 11.4 Å². The SMILES string of the molecule is COC(=O)c1cccc(Cc2c(-c3ccccc3)nn3ccc(OC)cc23)n1. The predicted octanol–water partition coefficient (Wildman–Crippen LogP) is 3.78. The number of fused-ring (bicyclic) bond motifs is 1. The molecule has 140 valence electrons. The van der Waals surface area contributed by atoms with Crippen LogP contribution in [-0.2, 0) is 11.2 Å². The van der Waals surface area contributed by atoms with E-state index < -0.39 is 5.97 Å². The van der Waals surface area contributed by atoms with E-state index in [4.69, 9.17) is 14.6 Å². The first kappa shape index (κ1) is 17.7. The van der Waals surface area contributed by atoms with Crippen molar-refractivity contribution in [1.29, 1.82) is 0 Å². The first-order valence-electron chi connectivity index (χ1n) is 8.84. The standard InChI is InChI=1S/C22H19N3O3/c1-27-17-11-12-25-20(14-17)18(21(24-25)15-7-4-3-5-8-15)13-16-9-6-10-19(23-16)22(26)28-2/h3-12,14H,13H2,1-2H3. The van der Waals surface area contributed by atoms with Gasteiger partial charge in [-0.1, -0.05) is 36.4 Å². The smallest absolute Gasteiger partial charge is 0.356 e. The van der Waals surface area contributed by atoms with E-state index >= 15 is 0 Å². The van der Waals surface area contributed by atoms with Gasteiger partial charge in [-0.05, 0) is 18.2 Å². The van der Waals surface area contributed by atoms with Gasteiger partial charge in [-0.25, -0.2) is 14.3 Å². The average molecular weight is 373 g/mol. The number of aromatic nitrogens is 3. The van der Waals surface area contributed by atoms with Gasteiger partial charge in [0, 0.05) is 35.5 Å². The highest BCUT2D eigenvalue weighted by atomic mass is 16.5. The van der Waals surface area contributed by atoms with Gasteiger partial charge in [-0.2, -0.15) is 5.10 Å². The summed E-state index contributed by atoms with van der Waals surface area (Å²) < 4.78 is 12.0. The third-order valence-corrected chi connectivity index (χ3v) is 4.55. The molecule has 0 amide bonds. The summed E-state index contributed by atoms with van der Waals surface area (Å²) in [6.45, 7) is 0. The van der Waals surface area contributed by atoms with E-state index in [2.05, 4.69) is 4.98 Å². The number of hydrogen-bond donors (Lipinski definition) is 0. The Bertz CT molecular complexity index is 1140. The molecule has 3 aromatic heterocycles. The third kappa shape index (κ3) is 3.32. The molecule has 0 spiro atoms. The van der Waals surface area contributed by atoms with Gasteiger partial charge < -0.3 is 9.47 Å². The van der Waals surface area contributed by atoms with Crippen LogP contribution in [-0.4, -0.2) is 34.8 Å². The van der Waals surface area contributed by atoms with E-state index in [1.165, 1.54) is 7.11 Å². The van der Waals surface area contributed by atoms with Gasteiger partial charge in [0.2, 0.25) is 0 Å². The second kappa shape index (κ2) is 7.52. The van der Waals surface area contributed by atoms with Crippen LogP contribution in [0.25, 0.3) is 16.8 Å². The van der Waals surface area contributed by atoms with Crippen molar-refractivity contribution in [1.82, 2.24) is 14.6 Å². The monoisotopic (exact) mass is 373 g/mol. The van der Waals surface area contributed by atoms with Gasteiger partial charge >= 0.3 is 5.97 Å². The molecule has 3 heterocycles. The number of methoxy groups -OCH3 is 2. The van der Waals surface area contributed by atoms with Crippen LogP contribution in [0.3, 0.4) is 0 Å². The van der Waals surface area contributed by atoms with Crippen LogP contribution in [0.5, 0.6) is 5.75 Å². The Morgan fingerprint density at radius 3 is 2.61 bits per heavy atom. The number of nitrogens with zero attached hydrogens (tertiary/aromatic N) is 3.